The topological polar surface area (TPSA) is 51.0 Å². The van der Waals surface area contributed by atoms with Crippen molar-refractivity contribution in [3.05, 3.63) is 35.5 Å². The first-order chi connectivity index (χ1) is 10.0. The van der Waals surface area contributed by atoms with E-state index in [1.165, 1.54) is 12.1 Å². The Morgan fingerprint density at radius 3 is 2.71 bits per heavy atom. The molecule has 1 N–H and O–H groups in total. The van der Waals surface area contributed by atoms with E-state index < -0.39 is 0 Å². The van der Waals surface area contributed by atoms with Crippen LogP contribution in [0.1, 0.15) is 32.2 Å². The van der Waals surface area contributed by atoms with E-state index in [1.807, 2.05) is 6.92 Å². The minimum absolute atomic E-state index is 0.257. The highest BCUT2D eigenvalue weighted by atomic mass is 19.1. The smallest absolute Gasteiger partial charge is 0.228 e. The normalized spacial score (nSPS) is 12.9. The summed E-state index contributed by atoms with van der Waals surface area (Å²) < 4.78 is 18.5. The standard InChI is InChI=1S/C16H22FN3O/c1-5-18-14(10(2)3)9-15-19-16(20-21-15)13-7-6-12(17)8-11(13)4/h6-8,10,14,18H,5,9H2,1-4H3. The van der Waals surface area contributed by atoms with Crippen LogP contribution in [0.15, 0.2) is 22.7 Å². The second-order valence-corrected chi connectivity index (χ2v) is 5.58. The van der Waals surface area contributed by atoms with E-state index in [4.69, 9.17) is 4.52 Å². The molecule has 0 radical (unpaired) electrons. The maximum Gasteiger partial charge on any atom is 0.228 e. The van der Waals surface area contributed by atoms with Crippen molar-refractivity contribution in [2.45, 2.75) is 40.2 Å². The van der Waals surface area contributed by atoms with Crippen molar-refractivity contribution in [2.24, 2.45) is 5.92 Å². The average Bonchev–Trinajstić information content (AvgIpc) is 2.86. The number of hydrogen-bond acceptors (Lipinski definition) is 4. The summed E-state index contributed by atoms with van der Waals surface area (Å²) in [4.78, 5) is 4.44. The largest absolute Gasteiger partial charge is 0.339 e. The fourth-order valence-electron chi connectivity index (χ4n) is 2.32. The van der Waals surface area contributed by atoms with E-state index >= 15 is 0 Å². The molecular weight excluding hydrogens is 269 g/mol. The maximum absolute atomic E-state index is 13.1. The molecule has 0 spiro atoms. The molecule has 0 bridgehead atoms. The quantitative estimate of drug-likeness (QED) is 0.886. The third kappa shape index (κ3) is 3.88. The van der Waals surface area contributed by atoms with E-state index in [2.05, 4.69) is 36.2 Å². The van der Waals surface area contributed by atoms with Gasteiger partial charge in [-0.2, -0.15) is 4.98 Å². The lowest BCUT2D eigenvalue weighted by Gasteiger charge is -2.19. The van der Waals surface area contributed by atoms with E-state index in [0.717, 1.165) is 17.7 Å². The molecule has 1 heterocycles. The zero-order chi connectivity index (χ0) is 15.4. The fraction of sp³-hybridized carbons (Fsp3) is 0.500. The van der Waals surface area contributed by atoms with Crippen molar-refractivity contribution in [1.29, 1.82) is 0 Å². The van der Waals surface area contributed by atoms with Crippen LogP contribution < -0.4 is 5.32 Å². The van der Waals surface area contributed by atoms with Crippen molar-refractivity contribution >= 4 is 0 Å². The molecule has 1 unspecified atom stereocenters. The second-order valence-electron chi connectivity index (χ2n) is 5.58. The number of hydrogen-bond donors (Lipinski definition) is 1. The van der Waals surface area contributed by atoms with Gasteiger partial charge >= 0.3 is 0 Å². The van der Waals surface area contributed by atoms with Gasteiger partial charge in [0, 0.05) is 18.0 Å². The lowest BCUT2D eigenvalue weighted by molar-refractivity contribution is 0.329. The van der Waals surface area contributed by atoms with E-state index in [0.29, 0.717) is 30.1 Å². The number of nitrogens with one attached hydrogen (secondary N) is 1. The molecule has 0 amide bonds. The van der Waals surface area contributed by atoms with Crippen LogP contribution in [0.5, 0.6) is 0 Å². The molecule has 0 saturated carbocycles. The van der Waals surface area contributed by atoms with E-state index in [1.54, 1.807) is 6.07 Å². The highest BCUT2D eigenvalue weighted by Gasteiger charge is 2.18. The molecule has 0 aliphatic rings. The summed E-state index contributed by atoms with van der Waals surface area (Å²) in [6, 6.07) is 4.87. The van der Waals surface area contributed by atoms with Crippen LogP contribution >= 0.6 is 0 Å². The molecule has 21 heavy (non-hydrogen) atoms. The lowest BCUT2D eigenvalue weighted by atomic mass is 10.0. The van der Waals surface area contributed by atoms with Gasteiger partial charge < -0.3 is 9.84 Å². The molecule has 5 heteroatoms. The van der Waals surface area contributed by atoms with Crippen LogP contribution in [0.4, 0.5) is 4.39 Å². The molecule has 0 aliphatic heterocycles. The van der Waals surface area contributed by atoms with Gasteiger partial charge in [-0.25, -0.2) is 4.39 Å². The Balaban J connectivity index is 2.17. The van der Waals surface area contributed by atoms with Gasteiger partial charge in [-0.05, 0) is 43.1 Å². The minimum atomic E-state index is -0.257. The maximum atomic E-state index is 13.1. The molecule has 2 aromatic rings. The number of aromatic nitrogens is 2. The molecule has 0 fully saturated rings. The van der Waals surface area contributed by atoms with Crippen LogP contribution in [0, 0.1) is 18.7 Å². The molecule has 0 aliphatic carbocycles. The second kappa shape index (κ2) is 6.80. The number of aryl methyl sites for hydroxylation is 1. The van der Waals surface area contributed by atoms with Crippen molar-refractivity contribution in [1.82, 2.24) is 15.5 Å². The third-order valence-corrected chi connectivity index (χ3v) is 3.56. The monoisotopic (exact) mass is 291 g/mol. The predicted molar refractivity (Wildman–Crippen MR) is 80.4 cm³/mol. The Morgan fingerprint density at radius 1 is 1.33 bits per heavy atom. The first kappa shape index (κ1) is 15.6. The summed E-state index contributed by atoms with van der Waals surface area (Å²) in [5.41, 5.74) is 1.60. The Morgan fingerprint density at radius 2 is 2.10 bits per heavy atom. The molecule has 1 aromatic heterocycles. The van der Waals surface area contributed by atoms with Crippen molar-refractivity contribution in [3.8, 4) is 11.4 Å². The summed E-state index contributed by atoms with van der Waals surface area (Å²) in [6.45, 7) is 9.14. The number of benzene rings is 1. The van der Waals surface area contributed by atoms with Crippen molar-refractivity contribution < 1.29 is 8.91 Å². The van der Waals surface area contributed by atoms with E-state index in [-0.39, 0.29) is 5.82 Å². The SMILES string of the molecule is CCNC(Cc1nc(-c2ccc(F)cc2C)no1)C(C)C. The summed E-state index contributed by atoms with van der Waals surface area (Å²) in [5, 5.41) is 7.43. The van der Waals surface area contributed by atoms with Crippen LogP contribution in [0.2, 0.25) is 0 Å². The first-order valence-electron chi connectivity index (χ1n) is 7.33. The van der Waals surface area contributed by atoms with Crippen LogP contribution in [0.25, 0.3) is 11.4 Å². The van der Waals surface area contributed by atoms with Gasteiger partial charge in [-0.15, -0.1) is 0 Å². The molecule has 1 aromatic carbocycles. The van der Waals surface area contributed by atoms with Gasteiger partial charge in [0.1, 0.15) is 5.82 Å². The zero-order valence-electron chi connectivity index (χ0n) is 13.0. The van der Waals surface area contributed by atoms with Gasteiger partial charge in [0.25, 0.3) is 0 Å². The van der Waals surface area contributed by atoms with Crippen molar-refractivity contribution in [2.75, 3.05) is 6.54 Å². The van der Waals surface area contributed by atoms with Gasteiger partial charge in [0.15, 0.2) is 0 Å². The lowest BCUT2D eigenvalue weighted by Crippen LogP contribution is -2.35. The molecule has 0 saturated heterocycles. The van der Waals surface area contributed by atoms with Crippen LogP contribution in [-0.2, 0) is 6.42 Å². The van der Waals surface area contributed by atoms with Crippen LogP contribution in [0.3, 0.4) is 0 Å². The predicted octanol–water partition coefficient (Wildman–Crippen LogP) is 3.36. The molecule has 1 atom stereocenters. The Hall–Kier alpha value is -1.75. The number of nitrogens with zero attached hydrogens (tertiary/aromatic N) is 2. The van der Waals surface area contributed by atoms with E-state index in [9.17, 15) is 4.39 Å². The molecule has 4 nitrogen and oxygen atoms in total. The highest BCUT2D eigenvalue weighted by Crippen LogP contribution is 2.21. The van der Waals surface area contributed by atoms with Gasteiger partial charge in [-0.1, -0.05) is 25.9 Å². The first-order valence-corrected chi connectivity index (χ1v) is 7.33. The summed E-state index contributed by atoms with van der Waals surface area (Å²) in [5.74, 6) is 1.34. The summed E-state index contributed by atoms with van der Waals surface area (Å²) >= 11 is 0. The van der Waals surface area contributed by atoms with Gasteiger partial charge in [0.2, 0.25) is 11.7 Å². The minimum Gasteiger partial charge on any atom is -0.339 e. The Bertz CT molecular complexity index is 595. The average molecular weight is 291 g/mol. The van der Waals surface area contributed by atoms with Crippen LogP contribution in [-0.4, -0.2) is 22.7 Å². The summed E-state index contributed by atoms with van der Waals surface area (Å²) in [7, 11) is 0. The molecule has 2 rings (SSSR count). The molecular formula is C16H22FN3O. The zero-order valence-corrected chi connectivity index (χ0v) is 13.0. The number of likely N-dealkylation sites (N-methyl/N-ethyl adjacent to an activating group) is 1. The highest BCUT2D eigenvalue weighted by molar-refractivity contribution is 5.59. The number of rotatable bonds is 6. The molecule has 114 valence electrons. The summed E-state index contributed by atoms with van der Waals surface area (Å²) in [6.07, 6.45) is 0.693. The number of halogens is 1. The van der Waals surface area contributed by atoms with Crippen molar-refractivity contribution in [3.63, 3.8) is 0 Å². The Labute approximate surface area is 124 Å². The Kier molecular flexibility index (Phi) is 5.07. The van der Waals surface area contributed by atoms with Gasteiger partial charge in [-0.3, -0.25) is 0 Å². The fourth-order valence-corrected chi connectivity index (χ4v) is 2.32. The van der Waals surface area contributed by atoms with Gasteiger partial charge in [0.05, 0.1) is 0 Å². The third-order valence-electron chi connectivity index (χ3n) is 3.56.